The number of thiazole rings is 1. The summed E-state index contributed by atoms with van der Waals surface area (Å²) in [6.07, 6.45) is 2.73. The number of nitrogens with zero attached hydrogens (tertiary/aromatic N) is 1. The number of aromatic nitrogens is 1. The van der Waals surface area contributed by atoms with Crippen molar-refractivity contribution in [2.24, 2.45) is 0 Å². The minimum absolute atomic E-state index is 0.698. The molecule has 90 valence electrons. The van der Waals surface area contributed by atoms with E-state index in [1.54, 1.807) is 18.4 Å². The van der Waals surface area contributed by atoms with E-state index >= 15 is 0 Å². The lowest BCUT2D eigenvalue weighted by atomic mass is 10.2. The van der Waals surface area contributed by atoms with Gasteiger partial charge in [0.15, 0.2) is 0 Å². The summed E-state index contributed by atoms with van der Waals surface area (Å²) in [5.41, 5.74) is 7.53. The minimum Gasteiger partial charge on any atom is -0.497 e. The van der Waals surface area contributed by atoms with Crippen LogP contribution in [-0.2, 0) is 6.42 Å². The molecule has 0 aliphatic heterocycles. The van der Waals surface area contributed by atoms with Gasteiger partial charge in [-0.05, 0) is 12.1 Å². The van der Waals surface area contributed by atoms with E-state index in [0.29, 0.717) is 5.69 Å². The molecule has 1 aromatic heterocycles. The van der Waals surface area contributed by atoms with E-state index in [-0.39, 0.29) is 0 Å². The summed E-state index contributed by atoms with van der Waals surface area (Å²) in [5, 5.41) is 6.40. The molecule has 2 aromatic rings. The zero-order chi connectivity index (χ0) is 12.1. The van der Waals surface area contributed by atoms with E-state index < -0.39 is 0 Å². The maximum atomic E-state index is 5.90. The van der Waals surface area contributed by atoms with E-state index in [1.165, 1.54) is 0 Å². The molecular weight excluding hydrogens is 234 g/mol. The number of nitrogen functional groups attached to an aromatic ring is 1. The molecule has 0 spiro atoms. The quantitative estimate of drug-likeness (QED) is 0.799. The summed E-state index contributed by atoms with van der Waals surface area (Å²) < 4.78 is 5.10. The molecule has 17 heavy (non-hydrogen) atoms. The Morgan fingerprint density at radius 3 is 3.00 bits per heavy atom. The van der Waals surface area contributed by atoms with Crippen molar-refractivity contribution in [3.05, 3.63) is 34.8 Å². The Bertz CT molecular complexity index is 471. The van der Waals surface area contributed by atoms with Crippen LogP contribution < -0.4 is 15.8 Å². The predicted molar refractivity (Wildman–Crippen MR) is 71.7 cm³/mol. The largest absolute Gasteiger partial charge is 0.497 e. The number of benzene rings is 1. The van der Waals surface area contributed by atoms with Crippen LogP contribution in [0.5, 0.6) is 5.75 Å². The molecule has 2 rings (SSSR count). The molecule has 0 aliphatic carbocycles. The average Bonchev–Trinajstić information content (AvgIpc) is 2.84. The first-order chi connectivity index (χ1) is 8.29. The maximum absolute atomic E-state index is 5.90. The molecular formula is C12H15N3OS. The first kappa shape index (κ1) is 11.7. The summed E-state index contributed by atoms with van der Waals surface area (Å²) in [7, 11) is 1.63. The zero-order valence-corrected chi connectivity index (χ0v) is 10.5. The third kappa shape index (κ3) is 3.10. The van der Waals surface area contributed by atoms with Crippen LogP contribution in [0.1, 0.15) is 5.01 Å². The second-order valence-corrected chi connectivity index (χ2v) is 4.53. The molecule has 0 saturated heterocycles. The van der Waals surface area contributed by atoms with Crippen molar-refractivity contribution in [2.45, 2.75) is 6.42 Å². The lowest BCUT2D eigenvalue weighted by Crippen LogP contribution is -2.06. The van der Waals surface area contributed by atoms with Gasteiger partial charge >= 0.3 is 0 Å². The third-order valence-corrected chi connectivity index (χ3v) is 3.24. The van der Waals surface area contributed by atoms with Crippen molar-refractivity contribution >= 4 is 22.7 Å². The zero-order valence-electron chi connectivity index (χ0n) is 9.64. The summed E-state index contributed by atoms with van der Waals surface area (Å²) in [6.45, 7) is 0.823. The molecule has 0 amide bonds. The van der Waals surface area contributed by atoms with Crippen LogP contribution in [0.2, 0.25) is 0 Å². The van der Waals surface area contributed by atoms with Crippen LogP contribution in [-0.4, -0.2) is 18.6 Å². The highest BCUT2D eigenvalue weighted by Crippen LogP contribution is 2.23. The van der Waals surface area contributed by atoms with Gasteiger partial charge in [0.25, 0.3) is 0 Å². The molecule has 0 aliphatic rings. The van der Waals surface area contributed by atoms with Gasteiger partial charge in [-0.25, -0.2) is 4.98 Å². The molecule has 3 N–H and O–H groups in total. The van der Waals surface area contributed by atoms with Crippen molar-refractivity contribution in [2.75, 3.05) is 24.7 Å². The molecule has 4 nitrogen and oxygen atoms in total. The number of anilines is 2. The van der Waals surface area contributed by atoms with Gasteiger partial charge in [-0.1, -0.05) is 0 Å². The standard InChI is InChI=1S/C12H15N3OS/c1-16-9-2-3-11(10(13)8-9)14-5-4-12-15-6-7-17-12/h2-3,6-8,14H,4-5,13H2,1H3. The van der Waals surface area contributed by atoms with E-state index in [2.05, 4.69) is 10.3 Å². The van der Waals surface area contributed by atoms with Gasteiger partial charge in [0.1, 0.15) is 5.75 Å². The highest BCUT2D eigenvalue weighted by Gasteiger charge is 2.01. The van der Waals surface area contributed by atoms with E-state index in [0.717, 1.165) is 29.4 Å². The van der Waals surface area contributed by atoms with Crippen LogP contribution in [0.15, 0.2) is 29.8 Å². The molecule has 0 bridgehead atoms. The summed E-state index contributed by atoms with van der Waals surface area (Å²) >= 11 is 1.67. The maximum Gasteiger partial charge on any atom is 0.121 e. The van der Waals surface area contributed by atoms with Crippen LogP contribution in [0.3, 0.4) is 0 Å². The molecule has 0 atom stereocenters. The van der Waals surface area contributed by atoms with Gasteiger partial charge in [0.2, 0.25) is 0 Å². The summed E-state index contributed by atoms with van der Waals surface area (Å²) in [5.74, 6) is 0.771. The number of methoxy groups -OCH3 is 1. The molecule has 1 aromatic carbocycles. The topological polar surface area (TPSA) is 60.2 Å². The van der Waals surface area contributed by atoms with Crippen molar-refractivity contribution in [1.29, 1.82) is 0 Å². The number of nitrogens with one attached hydrogen (secondary N) is 1. The molecule has 0 saturated carbocycles. The molecule has 0 unspecified atom stereocenters. The Balaban J connectivity index is 1.90. The van der Waals surface area contributed by atoms with Gasteiger partial charge < -0.3 is 15.8 Å². The van der Waals surface area contributed by atoms with Gasteiger partial charge in [-0.3, -0.25) is 0 Å². The Kier molecular flexibility index (Phi) is 3.82. The summed E-state index contributed by atoms with van der Waals surface area (Å²) in [4.78, 5) is 4.22. The number of ether oxygens (including phenoxy) is 1. The number of hydrogen-bond donors (Lipinski definition) is 2. The fourth-order valence-electron chi connectivity index (χ4n) is 1.51. The minimum atomic E-state index is 0.698. The number of nitrogens with two attached hydrogens (primary N) is 1. The van der Waals surface area contributed by atoms with E-state index in [4.69, 9.17) is 10.5 Å². The first-order valence-corrected chi connectivity index (χ1v) is 6.23. The highest BCUT2D eigenvalue weighted by atomic mass is 32.1. The van der Waals surface area contributed by atoms with Gasteiger partial charge in [0, 0.05) is 30.6 Å². The number of hydrogen-bond acceptors (Lipinski definition) is 5. The lowest BCUT2D eigenvalue weighted by molar-refractivity contribution is 0.415. The molecule has 0 fully saturated rings. The van der Waals surface area contributed by atoms with E-state index in [1.807, 2.05) is 29.8 Å². The fraction of sp³-hybridized carbons (Fsp3) is 0.250. The van der Waals surface area contributed by atoms with Crippen LogP contribution in [0.25, 0.3) is 0 Å². The second-order valence-electron chi connectivity index (χ2n) is 3.56. The predicted octanol–water partition coefficient (Wildman–Crippen LogP) is 2.39. The first-order valence-electron chi connectivity index (χ1n) is 5.35. The van der Waals surface area contributed by atoms with Crippen molar-refractivity contribution in [3.8, 4) is 5.75 Å². The third-order valence-electron chi connectivity index (χ3n) is 2.40. The SMILES string of the molecule is COc1ccc(NCCc2nccs2)c(N)c1. The van der Waals surface area contributed by atoms with Gasteiger partial charge in [0.05, 0.1) is 23.5 Å². The summed E-state index contributed by atoms with van der Waals surface area (Å²) in [6, 6.07) is 5.63. The van der Waals surface area contributed by atoms with Crippen molar-refractivity contribution in [1.82, 2.24) is 4.98 Å². The molecule has 1 heterocycles. The van der Waals surface area contributed by atoms with Gasteiger partial charge in [-0.15, -0.1) is 11.3 Å². The van der Waals surface area contributed by atoms with E-state index in [9.17, 15) is 0 Å². The Morgan fingerprint density at radius 2 is 2.35 bits per heavy atom. The lowest BCUT2D eigenvalue weighted by Gasteiger charge is -2.09. The smallest absolute Gasteiger partial charge is 0.121 e. The Morgan fingerprint density at radius 1 is 1.47 bits per heavy atom. The van der Waals surface area contributed by atoms with Gasteiger partial charge in [-0.2, -0.15) is 0 Å². The fourth-order valence-corrected chi connectivity index (χ4v) is 2.13. The van der Waals surface area contributed by atoms with Crippen LogP contribution in [0.4, 0.5) is 11.4 Å². The van der Waals surface area contributed by atoms with Crippen LogP contribution >= 0.6 is 11.3 Å². The van der Waals surface area contributed by atoms with Crippen molar-refractivity contribution in [3.63, 3.8) is 0 Å². The average molecular weight is 249 g/mol. The Hall–Kier alpha value is -1.75. The normalized spacial score (nSPS) is 10.2. The van der Waals surface area contributed by atoms with Crippen molar-refractivity contribution < 1.29 is 4.74 Å². The van der Waals surface area contributed by atoms with Crippen LogP contribution in [0, 0.1) is 0 Å². The molecule has 5 heteroatoms. The number of rotatable bonds is 5. The molecule has 0 radical (unpaired) electrons. The Labute approximate surface area is 104 Å². The second kappa shape index (κ2) is 5.54. The monoisotopic (exact) mass is 249 g/mol. The highest BCUT2D eigenvalue weighted by molar-refractivity contribution is 7.09.